The van der Waals surface area contributed by atoms with Crippen molar-refractivity contribution in [3.05, 3.63) is 42.0 Å². The molecule has 1 saturated heterocycles. The van der Waals surface area contributed by atoms with Crippen LogP contribution in [0.5, 0.6) is 0 Å². The van der Waals surface area contributed by atoms with Crippen LogP contribution in [-0.2, 0) is 14.6 Å². The van der Waals surface area contributed by atoms with Crippen LogP contribution in [0.2, 0.25) is 0 Å². The molecular weight excluding hydrogens is 349 g/mol. The molecular formula is C17H22FNO3S2. The van der Waals surface area contributed by atoms with Gasteiger partial charge in [-0.3, -0.25) is 5.32 Å². The van der Waals surface area contributed by atoms with Gasteiger partial charge in [0.2, 0.25) is 0 Å². The average molecular weight is 371 g/mol. The quantitative estimate of drug-likeness (QED) is 0.806. The number of rotatable bonds is 5. The fraction of sp³-hybridized carbons (Fsp3) is 0.529. The van der Waals surface area contributed by atoms with Gasteiger partial charge in [-0.15, -0.1) is 11.8 Å². The molecule has 0 spiro atoms. The van der Waals surface area contributed by atoms with Crippen LogP contribution < -0.4 is 5.32 Å². The number of piperidine rings is 1. The summed E-state index contributed by atoms with van der Waals surface area (Å²) in [5.41, 5.74) is 0.147. The number of halogens is 1. The van der Waals surface area contributed by atoms with E-state index in [2.05, 4.69) is 5.32 Å². The van der Waals surface area contributed by atoms with Gasteiger partial charge < -0.3 is 4.74 Å². The van der Waals surface area contributed by atoms with Gasteiger partial charge in [0.1, 0.15) is 6.23 Å². The number of sulfone groups is 1. The van der Waals surface area contributed by atoms with Crippen LogP contribution in [0.15, 0.2) is 41.3 Å². The van der Waals surface area contributed by atoms with Crippen LogP contribution in [0, 0.1) is 0 Å². The molecule has 2 heterocycles. The lowest BCUT2D eigenvalue weighted by Gasteiger charge is -2.32. The van der Waals surface area contributed by atoms with E-state index >= 15 is 0 Å². The van der Waals surface area contributed by atoms with Crippen molar-refractivity contribution in [2.45, 2.75) is 47.2 Å². The third kappa shape index (κ3) is 4.59. The molecule has 2 aliphatic rings. The number of hydrogen-bond donors (Lipinski definition) is 1. The van der Waals surface area contributed by atoms with Gasteiger partial charge in [0.15, 0.2) is 15.3 Å². The van der Waals surface area contributed by atoms with Gasteiger partial charge in [-0.05, 0) is 43.0 Å². The highest BCUT2D eigenvalue weighted by molar-refractivity contribution is 8.00. The molecule has 1 fully saturated rings. The maximum Gasteiger partial charge on any atom is 0.175 e. The fourth-order valence-corrected chi connectivity index (χ4v) is 4.50. The molecule has 0 saturated carbocycles. The first-order chi connectivity index (χ1) is 11.4. The summed E-state index contributed by atoms with van der Waals surface area (Å²) in [5, 5.41) is 3.54. The van der Waals surface area contributed by atoms with Crippen molar-refractivity contribution in [1.29, 1.82) is 0 Å². The summed E-state index contributed by atoms with van der Waals surface area (Å²) in [6, 6.07) is 7.17. The Morgan fingerprint density at radius 3 is 2.62 bits per heavy atom. The predicted octanol–water partition coefficient (Wildman–Crippen LogP) is 3.21. The van der Waals surface area contributed by atoms with Crippen LogP contribution in [0.3, 0.4) is 0 Å². The standard InChI is InChI=1S/C17H22FNO3S2/c1-24(20,21)14-8-5-12(6-9-14)15-3-2-4-17(19-15)22-11-13-7-10-16(18)23-13/h5-10,13,15-17,19H,2-4,11H2,1H3. The monoisotopic (exact) mass is 371 g/mol. The lowest BCUT2D eigenvalue weighted by Crippen LogP contribution is -2.39. The Morgan fingerprint density at radius 1 is 1.25 bits per heavy atom. The van der Waals surface area contributed by atoms with Crippen molar-refractivity contribution >= 4 is 21.6 Å². The van der Waals surface area contributed by atoms with Crippen molar-refractivity contribution < 1.29 is 17.5 Å². The van der Waals surface area contributed by atoms with Gasteiger partial charge in [-0.25, -0.2) is 12.8 Å². The SMILES string of the molecule is CS(=O)(=O)c1ccc(C2CCCC(OCC3C=CC(F)S3)N2)cc1. The number of ether oxygens (including phenoxy) is 1. The maximum absolute atomic E-state index is 13.1. The Morgan fingerprint density at radius 2 is 2.00 bits per heavy atom. The summed E-state index contributed by atoms with van der Waals surface area (Å²) in [6.07, 6.45) is 7.54. The van der Waals surface area contributed by atoms with Crippen LogP contribution in [-0.4, -0.2) is 38.3 Å². The van der Waals surface area contributed by atoms with Crippen LogP contribution in [0.4, 0.5) is 4.39 Å². The zero-order valence-corrected chi connectivity index (χ0v) is 15.2. The van der Waals surface area contributed by atoms with Gasteiger partial charge in [-0.2, -0.15) is 0 Å². The smallest absolute Gasteiger partial charge is 0.175 e. The Balaban J connectivity index is 1.56. The van der Waals surface area contributed by atoms with Gasteiger partial charge in [0.25, 0.3) is 0 Å². The third-order valence-corrected chi connectivity index (χ3v) is 6.49. The average Bonchev–Trinajstić information content (AvgIpc) is 2.98. The molecule has 132 valence electrons. The summed E-state index contributed by atoms with van der Waals surface area (Å²) in [6.45, 7) is 0.499. The highest BCUT2D eigenvalue weighted by Gasteiger charge is 2.25. The molecule has 1 aromatic carbocycles. The molecule has 1 aromatic rings. The number of hydrogen-bond acceptors (Lipinski definition) is 5. The normalized spacial score (nSPS) is 30.6. The minimum absolute atomic E-state index is 0.0500. The van der Waals surface area contributed by atoms with Gasteiger partial charge >= 0.3 is 0 Å². The largest absolute Gasteiger partial charge is 0.362 e. The molecule has 4 nitrogen and oxygen atoms in total. The summed E-state index contributed by atoms with van der Waals surface area (Å²) < 4.78 is 42.1. The lowest BCUT2D eigenvalue weighted by atomic mass is 9.97. The minimum atomic E-state index is -3.17. The van der Waals surface area contributed by atoms with Crippen molar-refractivity contribution in [1.82, 2.24) is 5.32 Å². The molecule has 4 atom stereocenters. The van der Waals surface area contributed by atoms with Crippen molar-refractivity contribution in [2.24, 2.45) is 0 Å². The van der Waals surface area contributed by atoms with Crippen molar-refractivity contribution in [3.63, 3.8) is 0 Å². The van der Waals surface area contributed by atoms with E-state index in [1.807, 2.05) is 18.2 Å². The Kier molecular flexibility index (Phi) is 5.64. The number of benzene rings is 1. The molecule has 0 radical (unpaired) electrons. The first kappa shape index (κ1) is 17.9. The highest BCUT2D eigenvalue weighted by Crippen LogP contribution is 2.30. The highest BCUT2D eigenvalue weighted by atomic mass is 32.2. The van der Waals surface area contributed by atoms with Gasteiger partial charge in [0, 0.05) is 17.5 Å². The molecule has 0 amide bonds. The first-order valence-corrected chi connectivity index (χ1v) is 10.9. The molecule has 2 aliphatic heterocycles. The molecule has 0 aliphatic carbocycles. The minimum Gasteiger partial charge on any atom is -0.362 e. The fourth-order valence-electron chi connectivity index (χ4n) is 3.01. The summed E-state index contributed by atoms with van der Waals surface area (Å²) in [5.74, 6) is 0. The van der Waals surface area contributed by atoms with Crippen LogP contribution >= 0.6 is 11.8 Å². The summed E-state index contributed by atoms with van der Waals surface area (Å²) in [4.78, 5) is 0.334. The molecule has 0 aromatic heterocycles. The molecule has 0 bridgehead atoms. The summed E-state index contributed by atoms with van der Waals surface area (Å²) in [7, 11) is -3.17. The van der Waals surface area contributed by atoms with E-state index in [9.17, 15) is 12.8 Å². The van der Waals surface area contributed by atoms with Crippen LogP contribution in [0.25, 0.3) is 0 Å². The third-order valence-electron chi connectivity index (χ3n) is 4.30. The predicted molar refractivity (Wildman–Crippen MR) is 94.4 cm³/mol. The first-order valence-electron chi connectivity index (χ1n) is 8.07. The van der Waals surface area contributed by atoms with Gasteiger partial charge in [0.05, 0.1) is 11.5 Å². The second-order valence-corrected chi connectivity index (χ2v) is 9.57. The molecule has 3 rings (SSSR count). The van der Waals surface area contributed by atoms with E-state index < -0.39 is 15.3 Å². The molecule has 1 N–H and O–H groups in total. The van der Waals surface area contributed by atoms with Crippen molar-refractivity contribution in [3.8, 4) is 0 Å². The van der Waals surface area contributed by atoms with E-state index in [0.29, 0.717) is 11.5 Å². The maximum atomic E-state index is 13.1. The van der Waals surface area contributed by atoms with E-state index in [1.165, 1.54) is 18.0 Å². The van der Waals surface area contributed by atoms with Crippen LogP contribution in [0.1, 0.15) is 30.9 Å². The molecule has 4 unspecified atom stereocenters. The Bertz CT molecular complexity index is 690. The van der Waals surface area contributed by atoms with E-state index in [0.717, 1.165) is 24.8 Å². The summed E-state index contributed by atoms with van der Waals surface area (Å²) >= 11 is 1.27. The Hall–Kier alpha value is -0.890. The lowest BCUT2D eigenvalue weighted by molar-refractivity contribution is 0.00350. The molecule has 7 heteroatoms. The van der Waals surface area contributed by atoms with E-state index in [-0.39, 0.29) is 17.5 Å². The van der Waals surface area contributed by atoms with Crippen molar-refractivity contribution in [2.75, 3.05) is 12.9 Å². The zero-order valence-electron chi connectivity index (χ0n) is 13.5. The van der Waals surface area contributed by atoms with E-state index in [1.54, 1.807) is 18.2 Å². The second-order valence-electron chi connectivity index (χ2n) is 6.22. The Labute approximate surface area is 146 Å². The topological polar surface area (TPSA) is 55.4 Å². The number of alkyl halides is 1. The molecule has 24 heavy (non-hydrogen) atoms. The van der Waals surface area contributed by atoms with E-state index in [4.69, 9.17) is 4.74 Å². The number of nitrogens with one attached hydrogen (secondary N) is 1. The van der Waals surface area contributed by atoms with Gasteiger partial charge in [-0.1, -0.05) is 18.2 Å². The zero-order chi connectivity index (χ0) is 17.2. The number of thioether (sulfide) groups is 1. The second kappa shape index (κ2) is 7.56.